The predicted octanol–water partition coefficient (Wildman–Crippen LogP) is 1.74. The van der Waals surface area contributed by atoms with Crippen molar-refractivity contribution in [3.05, 3.63) is 58.3 Å². The number of fused-ring (bicyclic) bond motifs is 1. The van der Waals surface area contributed by atoms with E-state index in [1.165, 1.54) is 10.6 Å². The summed E-state index contributed by atoms with van der Waals surface area (Å²) in [4.78, 5) is 24.4. The number of carbonyl (C=O) groups is 1. The monoisotopic (exact) mass is 482 g/mol. The molecule has 1 unspecified atom stereocenters. The molecule has 9 nitrogen and oxygen atoms in total. The van der Waals surface area contributed by atoms with E-state index in [9.17, 15) is 19.2 Å². The Morgan fingerprint density at radius 3 is 2.83 bits per heavy atom. The number of nitrogens with one attached hydrogen (secondary N) is 2. The number of aromatic nitrogens is 1. The van der Waals surface area contributed by atoms with Crippen LogP contribution in [0.4, 0.5) is 4.39 Å². The highest BCUT2D eigenvalue weighted by Crippen LogP contribution is 2.26. The highest BCUT2D eigenvalue weighted by Gasteiger charge is 2.26. The first-order valence-electron chi connectivity index (χ1n) is 11.3. The summed E-state index contributed by atoms with van der Waals surface area (Å²) < 4.78 is 32.3. The Morgan fingerprint density at radius 2 is 2.09 bits per heavy atom. The van der Waals surface area contributed by atoms with Crippen LogP contribution in [-0.2, 0) is 27.7 Å². The van der Waals surface area contributed by atoms with Gasteiger partial charge in [0.1, 0.15) is 18.0 Å². The number of aryl methyl sites for hydroxylation is 1. The number of halogens is 1. The molecule has 184 valence electrons. The van der Waals surface area contributed by atoms with Gasteiger partial charge in [0.15, 0.2) is 5.58 Å². The number of hydrogen-bond donors (Lipinski definition) is 2. The molecule has 1 amide bonds. The minimum Gasteiger partial charge on any atom is -0.408 e. The topological polar surface area (TPSA) is 119 Å². The van der Waals surface area contributed by atoms with Crippen molar-refractivity contribution in [2.75, 3.05) is 33.4 Å². The summed E-state index contributed by atoms with van der Waals surface area (Å²) in [6.07, 6.45) is -0.732. The van der Waals surface area contributed by atoms with Crippen LogP contribution >= 0.6 is 0 Å². The lowest BCUT2D eigenvalue weighted by Crippen LogP contribution is -2.46. The third kappa shape index (κ3) is 5.59. The lowest BCUT2D eigenvalue weighted by molar-refractivity contribution is -0.133. The van der Waals surface area contributed by atoms with E-state index in [1.54, 1.807) is 44.5 Å². The van der Waals surface area contributed by atoms with Crippen molar-refractivity contribution in [2.24, 2.45) is 13.0 Å². The molecule has 0 saturated carbocycles. The molecule has 1 fully saturated rings. The highest BCUT2D eigenvalue weighted by atomic mass is 19.1. The molecule has 1 aromatic heterocycles. The fourth-order valence-electron chi connectivity index (χ4n) is 4.11. The molecule has 0 radical (unpaired) electrons. The Labute approximate surface area is 201 Å². The number of benzene rings is 2. The minimum atomic E-state index is -0.915. The van der Waals surface area contributed by atoms with Crippen molar-refractivity contribution in [3.8, 4) is 17.2 Å². The number of carbonyl (C=O) groups excluding carboxylic acids is 1. The van der Waals surface area contributed by atoms with Gasteiger partial charge in [0.05, 0.1) is 24.8 Å². The van der Waals surface area contributed by atoms with Crippen LogP contribution in [0.1, 0.15) is 5.56 Å². The standard InChI is InChI=1S/C25H27FN4O5/c1-30-21-9-17(5-6-22(21)35-25(30)32)16-3-4-18(20(26)8-16)7-19(10-27)29-24(31)23-12-28-11-15(13-33-2)14-34-23/h3-6,8-9,15,19,23,28H,7,11-14H2,1-2H3,(H,29,31)/t15?,19-,23-/m0/s1. The number of methoxy groups -OCH3 is 1. The molecular weight excluding hydrogens is 455 g/mol. The van der Waals surface area contributed by atoms with Crippen LogP contribution in [0.15, 0.2) is 45.6 Å². The summed E-state index contributed by atoms with van der Waals surface area (Å²) in [6.45, 7) is 1.87. The molecule has 2 heterocycles. The molecular formula is C25H27FN4O5. The SMILES string of the molecule is COCC1CNC[C@@H](C(=O)N[C@H](C#N)Cc2ccc(-c3ccc4oc(=O)n(C)c4c3)cc2F)OC1. The second kappa shape index (κ2) is 10.8. The van der Waals surface area contributed by atoms with E-state index in [0.717, 1.165) is 0 Å². The summed E-state index contributed by atoms with van der Waals surface area (Å²) in [7, 11) is 3.21. The molecule has 0 bridgehead atoms. The van der Waals surface area contributed by atoms with Crippen LogP contribution in [0.5, 0.6) is 0 Å². The zero-order valence-electron chi connectivity index (χ0n) is 19.5. The second-order valence-electron chi connectivity index (χ2n) is 8.61. The first kappa shape index (κ1) is 24.6. The Hall–Kier alpha value is -3.52. The molecule has 35 heavy (non-hydrogen) atoms. The summed E-state index contributed by atoms with van der Waals surface area (Å²) >= 11 is 0. The van der Waals surface area contributed by atoms with Gasteiger partial charge in [0.2, 0.25) is 0 Å². The maximum absolute atomic E-state index is 14.9. The number of rotatable bonds is 7. The highest BCUT2D eigenvalue weighted by molar-refractivity contribution is 5.82. The van der Waals surface area contributed by atoms with Crippen LogP contribution in [0.3, 0.4) is 0 Å². The third-order valence-corrected chi connectivity index (χ3v) is 6.06. The van der Waals surface area contributed by atoms with Gasteiger partial charge in [-0.3, -0.25) is 9.36 Å². The maximum Gasteiger partial charge on any atom is 0.419 e. The van der Waals surface area contributed by atoms with E-state index in [2.05, 4.69) is 10.6 Å². The lowest BCUT2D eigenvalue weighted by Gasteiger charge is -2.18. The summed E-state index contributed by atoms with van der Waals surface area (Å²) in [5.41, 5.74) is 2.69. The smallest absolute Gasteiger partial charge is 0.408 e. The third-order valence-electron chi connectivity index (χ3n) is 6.06. The summed E-state index contributed by atoms with van der Waals surface area (Å²) in [6, 6.07) is 11.0. The van der Waals surface area contributed by atoms with E-state index >= 15 is 0 Å². The van der Waals surface area contributed by atoms with E-state index in [-0.39, 0.29) is 12.3 Å². The molecule has 3 atom stereocenters. The van der Waals surface area contributed by atoms with E-state index in [1.807, 2.05) is 6.07 Å². The first-order valence-corrected chi connectivity index (χ1v) is 11.3. The Bertz CT molecular complexity index is 1310. The van der Waals surface area contributed by atoms with Crippen molar-refractivity contribution < 1.29 is 23.1 Å². The van der Waals surface area contributed by atoms with Gasteiger partial charge in [-0.1, -0.05) is 18.2 Å². The van der Waals surface area contributed by atoms with Gasteiger partial charge in [-0.25, -0.2) is 9.18 Å². The van der Waals surface area contributed by atoms with Gasteiger partial charge >= 0.3 is 5.76 Å². The van der Waals surface area contributed by atoms with Crippen molar-refractivity contribution in [1.29, 1.82) is 5.26 Å². The van der Waals surface area contributed by atoms with Crippen LogP contribution in [0, 0.1) is 23.1 Å². The fraction of sp³-hybridized carbons (Fsp3) is 0.400. The van der Waals surface area contributed by atoms with Gasteiger partial charge in [-0.15, -0.1) is 0 Å². The average molecular weight is 483 g/mol. The van der Waals surface area contributed by atoms with Gasteiger partial charge in [0, 0.05) is 39.6 Å². The quantitative estimate of drug-likeness (QED) is 0.527. The van der Waals surface area contributed by atoms with Crippen molar-refractivity contribution in [3.63, 3.8) is 0 Å². The summed E-state index contributed by atoms with van der Waals surface area (Å²) in [5.74, 6) is -1.24. The fourth-order valence-corrected chi connectivity index (χ4v) is 4.11. The normalized spacial score (nSPS) is 19.1. The van der Waals surface area contributed by atoms with Gasteiger partial charge in [-0.2, -0.15) is 5.26 Å². The molecule has 1 saturated heterocycles. The number of ether oxygens (including phenoxy) is 2. The average Bonchev–Trinajstić information content (AvgIpc) is 3.00. The van der Waals surface area contributed by atoms with Gasteiger partial charge in [0.25, 0.3) is 5.91 Å². The van der Waals surface area contributed by atoms with Crippen LogP contribution in [-0.4, -0.2) is 56.0 Å². The van der Waals surface area contributed by atoms with E-state index < -0.39 is 29.6 Å². The number of oxazole rings is 1. The molecule has 2 N–H and O–H groups in total. The molecule has 10 heteroatoms. The molecule has 3 aromatic rings. The molecule has 1 aliphatic heterocycles. The van der Waals surface area contributed by atoms with Crippen molar-refractivity contribution in [1.82, 2.24) is 15.2 Å². The van der Waals surface area contributed by atoms with Gasteiger partial charge < -0.3 is 24.5 Å². The largest absolute Gasteiger partial charge is 0.419 e. The zero-order chi connectivity index (χ0) is 24.9. The lowest BCUT2D eigenvalue weighted by atomic mass is 10.00. The maximum atomic E-state index is 14.9. The Kier molecular flexibility index (Phi) is 7.60. The minimum absolute atomic E-state index is 0.00999. The molecule has 4 rings (SSSR count). The van der Waals surface area contributed by atoms with E-state index in [0.29, 0.717) is 54.1 Å². The summed E-state index contributed by atoms with van der Waals surface area (Å²) in [5, 5.41) is 15.4. The van der Waals surface area contributed by atoms with Crippen LogP contribution < -0.4 is 16.4 Å². The van der Waals surface area contributed by atoms with Crippen LogP contribution in [0.25, 0.3) is 22.2 Å². The van der Waals surface area contributed by atoms with Crippen molar-refractivity contribution >= 4 is 17.0 Å². The van der Waals surface area contributed by atoms with Crippen LogP contribution in [0.2, 0.25) is 0 Å². The number of hydrogen-bond acceptors (Lipinski definition) is 7. The van der Waals surface area contributed by atoms with Crippen molar-refractivity contribution in [2.45, 2.75) is 18.6 Å². The predicted molar refractivity (Wildman–Crippen MR) is 126 cm³/mol. The number of amides is 1. The molecule has 2 aromatic carbocycles. The molecule has 0 spiro atoms. The second-order valence-corrected chi connectivity index (χ2v) is 8.61. The zero-order valence-corrected chi connectivity index (χ0v) is 19.5. The Balaban J connectivity index is 1.43. The number of nitriles is 1. The Morgan fingerprint density at radius 1 is 1.31 bits per heavy atom. The molecule has 0 aliphatic carbocycles. The number of nitrogens with zero attached hydrogens (tertiary/aromatic N) is 2. The molecule has 1 aliphatic rings. The first-order chi connectivity index (χ1) is 16.9. The van der Waals surface area contributed by atoms with E-state index in [4.69, 9.17) is 13.9 Å². The van der Waals surface area contributed by atoms with Gasteiger partial charge in [-0.05, 0) is 34.9 Å².